The third kappa shape index (κ3) is 4.09. The summed E-state index contributed by atoms with van der Waals surface area (Å²) in [6.07, 6.45) is 5.41. The summed E-state index contributed by atoms with van der Waals surface area (Å²) < 4.78 is 7.84. The van der Waals surface area contributed by atoms with Crippen LogP contribution >= 0.6 is 0 Å². The van der Waals surface area contributed by atoms with Gasteiger partial charge in [0.15, 0.2) is 6.61 Å². The summed E-state index contributed by atoms with van der Waals surface area (Å²) in [5.74, 6) is 0.458. The lowest BCUT2D eigenvalue weighted by Gasteiger charge is -2.13. The van der Waals surface area contributed by atoms with Gasteiger partial charge >= 0.3 is 0 Å². The molecule has 1 N–H and O–H groups in total. The fourth-order valence-corrected chi connectivity index (χ4v) is 3.73. The molecule has 0 aliphatic heterocycles. The first-order valence-corrected chi connectivity index (χ1v) is 10.4. The number of anilines is 1. The van der Waals surface area contributed by atoms with Gasteiger partial charge in [0.25, 0.3) is 5.91 Å². The number of rotatable bonds is 6. The molecule has 0 atom stereocenters. The Morgan fingerprint density at radius 2 is 1.53 bits per heavy atom. The molecular formula is C27H21N3O2. The third-order valence-electron chi connectivity index (χ3n) is 5.28. The molecular weight excluding hydrogens is 398 g/mol. The van der Waals surface area contributed by atoms with Crippen LogP contribution in [-0.2, 0) is 4.79 Å². The highest BCUT2D eigenvalue weighted by Crippen LogP contribution is 2.30. The van der Waals surface area contributed by atoms with E-state index < -0.39 is 0 Å². The second kappa shape index (κ2) is 8.78. The van der Waals surface area contributed by atoms with Crippen LogP contribution in [0.5, 0.6) is 5.75 Å². The number of aromatic nitrogens is 2. The summed E-state index contributed by atoms with van der Waals surface area (Å²) in [4.78, 5) is 16.6. The predicted molar refractivity (Wildman–Crippen MR) is 127 cm³/mol. The van der Waals surface area contributed by atoms with Gasteiger partial charge < -0.3 is 14.6 Å². The first kappa shape index (κ1) is 19.6. The number of ether oxygens (including phenoxy) is 1. The summed E-state index contributed by atoms with van der Waals surface area (Å²) >= 11 is 0. The number of hydrogen-bond donors (Lipinski definition) is 1. The van der Waals surface area contributed by atoms with Gasteiger partial charge in [-0.2, -0.15) is 0 Å². The first-order chi connectivity index (χ1) is 15.8. The van der Waals surface area contributed by atoms with Gasteiger partial charge in [0.05, 0.1) is 12.0 Å². The van der Waals surface area contributed by atoms with Crippen LogP contribution in [0.15, 0.2) is 110 Å². The standard InChI is InChI=1S/C27H21N3O2/c31-27(29-22-12-10-21(11-13-22)20-6-2-1-3-7-20)18-32-26-15-14-25(30-17-16-28-19-30)23-8-4-5-9-24(23)26/h1-17,19H,18H2,(H,29,31). The van der Waals surface area contributed by atoms with E-state index in [0.29, 0.717) is 5.75 Å². The van der Waals surface area contributed by atoms with Crippen LogP contribution in [0.25, 0.3) is 27.6 Å². The Morgan fingerprint density at radius 1 is 0.812 bits per heavy atom. The molecule has 0 aliphatic carbocycles. The second-order valence-corrected chi connectivity index (χ2v) is 7.38. The molecule has 5 heteroatoms. The highest BCUT2D eigenvalue weighted by molar-refractivity contribution is 5.96. The normalized spacial score (nSPS) is 10.8. The van der Waals surface area contributed by atoms with E-state index in [-0.39, 0.29) is 12.5 Å². The van der Waals surface area contributed by atoms with Crippen LogP contribution in [0.3, 0.4) is 0 Å². The van der Waals surface area contributed by atoms with E-state index in [0.717, 1.165) is 33.3 Å². The van der Waals surface area contributed by atoms with E-state index in [4.69, 9.17) is 4.74 Å². The monoisotopic (exact) mass is 419 g/mol. The molecule has 0 saturated carbocycles. The van der Waals surface area contributed by atoms with Crippen LogP contribution in [0.2, 0.25) is 0 Å². The Hall–Kier alpha value is -4.38. The molecule has 5 aromatic rings. The summed E-state index contributed by atoms with van der Waals surface area (Å²) in [5, 5.41) is 4.87. The molecule has 1 aromatic heterocycles. The van der Waals surface area contributed by atoms with E-state index in [2.05, 4.69) is 22.4 Å². The van der Waals surface area contributed by atoms with Crippen molar-refractivity contribution in [2.45, 2.75) is 0 Å². The average molecular weight is 419 g/mol. The SMILES string of the molecule is O=C(COc1ccc(-n2ccnc2)c2ccccc12)Nc1ccc(-c2ccccc2)cc1. The van der Waals surface area contributed by atoms with Gasteiger partial charge in [-0.15, -0.1) is 0 Å². The van der Waals surface area contributed by atoms with E-state index in [1.54, 1.807) is 12.5 Å². The van der Waals surface area contributed by atoms with Crippen LogP contribution in [-0.4, -0.2) is 22.1 Å². The molecule has 0 bridgehead atoms. The molecule has 5 nitrogen and oxygen atoms in total. The van der Waals surface area contributed by atoms with Crippen molar-refractivity contribution in [3.63, 3.8) is 0 Å². The minimum Gasteiger partial charge on any atom is -0.483 e. The largest absolute Gasteiger partial charge is 0.483 e. The Kier molecular flexibility index (Phi) is 5.37. The number of amides is 1. The first-order valence-electron chi connectivity index (χ1n) is 10.4. The molecule has 0 unspecified atom stereocenters. The maximum atomic E-state index is 12.5. The number of carbonyl (C=O) groups is 1. The predicted octanol–water partition coefficient (Wildman–Crippen LogP) is 5.71. The minimum absolute atomic E-state index is 0.0746. The summed E-state index contributed by atoms with van der Waals surface area (Å²) in [5.41, 5.74) is 3.98. The van der Waals surface area contributed by atoms with E-state index in [9.17, 15) is 4.79 Å². The van der Waals surface area contributed by atoms with Gasteiger partial charge in [0.2, 0.25) is 0 Å². The number of carbonyl (C=O) groups excluding carboxylic acids is 1. The van der Waals surface area contributed by atoms with Crippen molar-refractivity contribution in [3.8, 4) is 22.6 Å². The second-order valence-electron chi connectivity index (χ2n) is 7.38. The van der Waals surface area contributed by atoms with Crippen LogP contribution in [0, 0.1) is 0 Å². The smallest absolute Gasteiger partial charge is 0.262 e. The van der Waals surface area contributed by atoms with Crippen LogP contribution < -0.4 is 10.1 Å². The van der Waals surface area contributed by atoms with Crippen LogP contribution in [0.4, 0.5) is 5.69 Å². The highest BCUT2D eigenvalue weighted by atomic mass is 16.5. The zero-order valence-corrected chi connectivity index (χ0v) is 17.3. The Labute approximate surface area is 185 Å². The van der Waals surface area contributed by atoms with Crippen molar-refractivity contribution in [3.05, 3.63) is 110 Å². The third-order valence-corrected chi connectivity index (χ3v) is 5.28. The fraction of sp³-hybridized carbons (Fsp3) is 0.0370. The van der Waals surface area contributed by atoms with Crippen LogP contribution in [0.1, 0.15) is 0 Å². The molecule has 0 fully saturated rings. The van der Waals surface area contributed by atoms with Gasteiger partial charge in [-0.3, -0.25) is 4.79 Å². The highest BCUT2D eigenvalue weighted by Gasteiger charge is 2.10. The molecule has 32 heavy (non-hydrogen) atoms. The lowest BCUT2D eigenvalue weighted by molar-refractivity contribution is -0.118. The molecule has 156 valence electrons. The fourth-order valence-electron chi connectivity index (χ4n) is 3.73. The summed E-state index contributed by atoms with van der Waals surface area (Å²) in [7, 11) is 0. The number of nitrogens with zero attached hydrogens (tertiary/aromatic N) is 2. The number of imidazole rings is 1. The Balaban J connectivity index is 1.28. The number of hydrogen-bond acceptors (Lipinski definition) is 3. The number of nitrogens with one attached hydrogen (secondary N) is 1. The van der Waals surface area contributed by atoms with Crippen molar-refractivity contribution < 1.29 is 9.53 Å². The van der Waals surface area contributed by atoms with E-state index >= 15 is 0 Å². The van der Waals surface area contributed by atoms with Crippen molar-refractivity contribution in [1.29, 1.82) is 0 Å². The molecule has 0 aliphatic rings. The van der Waals surface area contributed by atoms with Gasteiger partial charge in [-0.05, 0) is 35.4 Å². The van der Waals surface area contributed by atoms with Gasteiger partial charge in [0.1, 0.15) is 5.75 Å². The Bertz CT molecular complexity index is 1350. The maximum absolute atomic E-state index is 12.5. The van der Waals surface area contributed by atoms with Gasteiger partial charge in [0, 0.05) is 28.9 Å². The zero-order chi connectivity index (χ0) is 21.8. The lowest BCUT2D eigenvalue weighted by Crippen LogP contribution is -2.20. The van der Waals surface area contributed by atoms with Crippen molar-refractivity contribution in [2.24, 2.45) is 0 Å². The number of benzene rings is 4. The molecule has 4 aromatic carbocycles. The lowest BCUT2D eigenvalue weighted by atomic mass is 10.1. The molecule has 0 saturated heterocycles. The molecule has 0 radical (unpaired) electrons. The summed E-state index contributed by atoms with van der Waals surface area (Å²) in [6.45, 7) is -0.0746. The topological polar surface area (TPSA) is 56.2 Å². The van der Waals surface area contributed by atoms with Gasteiger partial charge in [-0.25, -0.2) is 4.98 Å². The molecule has 1 amide bonds. The zero-order valence-electron chi connectivity index (χ0n) is 17.3. The van der Waals surface area contributed by atoms with Crippen molar-refractivity contribution in [2.75, 3.05) is 11.9 Å². The quantitative estimate of drug-likeness (QED) is 0.384. The van der Waals surface area contributed by atoms with Crippen molar-refractivity contribution in [1.82, 2.24) is 9.55 Å². The van der Waals surface area contributed by atoms with E-state index in [1.165, 1.54) is 0 Å². The average Bonchev–Trinajstić information content (AvgIpc) is 3.38. The number of fused-ring (bicyclic) bond motifs is 1. The molecule has 1 heterocycles. The molecule has 0 spiro atoms. The minimum atomic E-state index is -0.208. The van der Waals surface area contributed by atoms with Gasteiger partial charge in [-0.1, -0.05) is 66.7 Å². The molecule has 5 rings (SSSR count). The van der Waals surface area contributed by atoms with E-state index in [1.807, 2.05) is 89.6 Å². The Morgan fingerprint density at radius 3 is 2.28 bits per heavy atom. The summed E-state index contributed by atoms with van der Waals surface area (Å²) in [6, 6.07) is 29.7. The maximum Gasteiger partial charge on any atom is 0.262 e. The van der Waals surface area contributed by atoms with Crippen molar-refractivity contribution >= 4 is 22.4 Å².